The lowest BCUT2D eigenvalue weighted by molar-refractivity contribution is -0.196. The Morgan fingerprint density at radius 1 is 0.722 bits per heavy atom. The number of carbonyl (C=O) groups excluding carboxylic acids is 6. The van der Waals surface area contributed by atoms with Crippen molar-refractivity contribution >= 4 is 35.5 Å². The van der Waals surface area contributed by atoms with Crippen LogP contribution < -0.4 is 5.32 Å². The van der Waals surface area contributed by atoms with Crippen LogP contribution >= 0.6 is 0 Å². The van der Waals surface area contributed by atoms with Crippen LogP contribution in [0.2, 0.25) is 0 Å². The first-order chi connectivity index (χ1) is 17.4. The molecule has 0 saturated heterocycles. The molecule has 36 heavy (non-hydrogen) atoms. The summed E-state index contributed by atoms with van der Waals surface area (Å²) in [5.41, 5.74) is 0. The molecular weight excluding hydrogens is 482 g/mol. The van der Waals surface area contributed by atoms with Gasteiger partial charge in [0.1, 0.15) is 0 Å². The molecule has 2 aliphatic rings. The predicted octanol–water partition coefficient (Wildman–Crippen LogP) is -2.30. The molecule has 0 bridgehead atoms. The van der Waals surface area contributed by atoms with Gasteiger partial charge in [-0.3, -0.25) is 28.9 Å². The van der Waals surface area contributed by atoms with Crippen LogP contribution in [0.1, 0.15) is 12.8 Å². The summed E-state index contributed by atoms with van der Waals surface area (Å²) in [6.45, 7) is 2.46. The summed E-state index contributed by atoms with van der Waals surface area (Å²) >= 11 is 0. The average Bonchev–Trinajstić information content (AvgIpc) is 3.34. The molecule has 0 atom stereocenters. The van der Waals surface area contributed by atoms with Crippen molar-refractivity contribution in [1.29, 1.82) is 0 Å². The minimum atomic E-state index is -0.761. The third kappa shape index (κ3) is 10.7. The zero-order valence-electron chi connectivity index (χ0n) is 19.5. The molecule has 0 aliphatic carbocycles. The number of imide groups is 2. The zero-order valence-corrected chi connectivity index (χ0v) is 19.5. The minimum absolute atomic E-state index is 0.0114. The first-order valence-electron chi connectivity index (χ1n) is 11.1. The standard InChI is InChI=1S/C22H27N3O11/c26-17(5-8-24-18(27)1-2-19(24)28)23-7-10-33-12-14-35-16-15-34-13-11-32-9-6-22(31)36-25-20(29)3-4-21(25)30/h3-4H,5-16H2,(H,23,26). The molecule has 0 unspecified atom stereocenters. The summed E-state index contributed by atoms with van der Waals surface area (Å²) < 4.78 is 21.2. The molecule has 196 valence electrons. The summed E-state index contributed by atoms with van der Waals surface area (Å²) in [4.78, 5) is 73.9. The van der Waals surface area contributed by atoms with Crippen LogP contribution in [0, 0.1) is 11.8 Å². The predicted molar refractivity (Wildman–Crippen MR) is 117 cm³/mol. The third-order valence-electron chi connectivity index (χ3n) is 4.43. The van der Waals surface area contributed by atoms with Crippen molar-refractivity contribution in [3.8, 4) is 11.8 Å². The van der Waals surface area contributed by atoms with Gasteiger partial charge in [0.25, 0.3) is 11.8 Å². The Labute approximate surface area is 206 Å². The van der Waals surface area contributed by atoms with E-state index in [2.05, 4.69) is 22.0 Å². The van der Waals surface area contributed by atoms with Crippen LogP contribution in [0.3, 0.4) is 0 Å². The molecule has 0 aromatic rings. The van der Waals surface area contributed by atoms with E-state index < -0.39 is 29.6 Å². The van der Waals surface area contributed by atoms with E-state index in [0.717, 1.165) is 17.1 Å². The monoisotopic (exact) mass is 509 g/mol. The van der Waals surface area contributed by atoms with Crippen LogP contribution in [-0.2, 0) is 52.6 Å². The number of carbonyl (C=O) groups is 6. The number of amides is 5. The molecule has 5 amide bonds. The van der Waals surface area contributed by atoms with Crippen molar-refractivity contribution in [3.63, 3.8) is 0 Å². The van der Waals surface area contributed by atoms with Gasteiger partial charge < -0.3 is 29.1 Å². The first kappa shape index (κ1) is 28.6. The fourth-order valence-electron chi connectivity index (χ4n) is 2.64. The lowest BCUT2D eigenvalue weighted by atomic mass is 10.3. The maximum absolute atomic E-state index is 11.7. The van der Waals surface area contributed by atoms with Crippen molar-refractivity contribution in [2.75, 3.05) is 65.9 Å². The molecule has 0 fully saturated rings. The molecule has 2 rings (SSSR count). The second-order valence-electron chi connectivity index (χ2n) is 7.08. The average molecular weight is 509 g/mol. The van der Waals surface area contributed by atoms with Gasteiger partial charge in [-0.05, 0) is 0 Å². The number of hydroxylamine groups is 2. The van der Waals surface area contributed by atoms with Crippen molar-refractivity contribution in [1.82, 2.24) is 15.3 Å². The highest BCUT2D eigenvalue weighted by atomic mass is 16.7. The van der Waals surface area contributed by atoms with Gasteiger partial charge >= 0.3 is 17.8 Å². The first-order valence-corrected chi connectivity index (χ1v) is 11.1. The third-order valence-corrected chi connectivity index (χ3v) is 4.43. The Hall–Kier alpha value is -3.64. The van der Waals surface area contributed by atoms with Gasteiger partial charge in [0.2, 0.25) is 5.91 Å². The Morgan fingerprint density at radius 3 is 1.78 bits per heavy atom. The van der Waals surface area contributed by atoms with E-state index >= 15 is 0 Å². The Bertz CT molecular complexity index is 884. The highest BCUT2D eigenvalue weighted by molar-refractivity contribution is 6.18. The van der Waals surface area contributed by atoms with Gasteiger partial charge in [0.05, 0.1) is 59.3 Å². The minimum Gasteiger partial charge on any atom is -0.378 e. The lowest BCUT2D eigenvalue weighted by Gasteiger charge is -2.12. The maximum atomic E-state index is 11.7. The fraction of sp³-hybridized carbons (Fsp3) is 0.545. The SMILES string of the molecule is O=C(CCN1C(=O)C#CC1=O)NCCOCCOCCOCCOCCC(=O)ON1C(=O)C=CC1=O. The summed E-state index contributed by atoms with van der Waals surface area (Å²) in [6, 6.07) is 0. The van der Waals surface area contributed by atoms with E-state index in [-0.39, 0.29) is 58.3 Å². The van der Waals surface area contributed by atoms with Crippen molar-refractivity contribution < 1.29 is 52.6 Å². The van der Waals surface area contributed by atoms with E-state index in [1.54, 1.807) is 0 Å². The highest BCUT2D eigenvalue weighted by Crippen LogP contribution is 2.05. The normalized spacial score (nSPS) is 14.4. The van der Waals surface area contributed by atoms with Crippen molar-refractivity contribution in [2.45, 2.75) is 12.8 Å². The molecule has 1 N–H and O–H groups in total. The molecule has 0 saturated carbocycles. The topological polar surface area (TPSA) is 167 Å². The van der Waals surface area contributed by atoms with Gasteiger partial charge in [0, 0.05) is 43.5 Å². The van der Waals surface area contributed by atoms with Crippen molar-refractivity contribution in [2.24, 2.45) is 0 Å². The van der Waals surface area contributed by atoms with E-state index in [0.29, 0.717) is 31.5 Å². The fourth-order valence-corrected chi connectivity index (χ4v) is 2.64. The van der Waals surface area contributed by atoms with Gasteiger partial charge in [-0.25, -0.2) is 4.79 Å². The van der Waals surface area contributed by atoms with Gasteiger partial charge in [-0.15, -0.1) is 0 Å². The highest BCUT2D eigenvalue weighted by Gasteiger charge is 2.27. The van der Waals surface area contributed by atoms with Crippen LogP contribution in [0.4, 0.5) is 0 Å². The van der Waals surface area contributed by atoms with E-state index in [9.17, 15) is 28.8 Å². The van der Waals surface area contributed by atoms with Gasteiger partial charge in [-0.1, -0.05) is 5.06 Å². The number of ether oxygens (including phenoxy) is 4. The van der Waals surface area contributed by atoms with Crippen LogP contribution in [0.15, 0.2) is 12.2 Å². The number of rotatable bonds is 19. The summed E-state index contributed by atoms with van der Waals surface area (Å²) in [5.74, 6) is 0.589. The summed E-state index contributed by atoms with van der Waals surface area (Å²) in [5, 5.41) is 3.00. The summed E-state index contributed by atoms with van der Waals surface area (Å²) in [6.07, 6.45) is 1.88. The number of hydrogen-bond donors (Lipinski definition) is 1. The van der Waals surface area contributed by atoms with Gasteiger partial charge in [0.15, 0.2) is 0 Å². The molecule has 2 aliphatic heterocycles. The number of nitrogens with zero attached hydrogens (tertiary/aromatic N) is 2. The summed E-state index contributed by atoms with van der Waals surface area (Å²) in [7, 11) is 0. The molecule has 0 aromatic carbocycles. The Kier molecular flexibility index (Phi) is 12.8. The molecule has 0 spiro atoms. The Balaban J connectivity index is 1.29. The molecule has 14 heteroatoms. The molecule has 0 radical (unpaired) electrons. The number of nitrogens with one attached hydrogen (secondary N) is 1. The lowest BCUT2D eigenvalue weighted by Crippen LogP contribution is -2.36. The number of hydrogen-bond acceptors (Lipinski definition) is 11. The smallest absolute Gasteiger partial charge is 0.335 e. The van der Waals surface area contributed by atoms with Crippen molar-refractivity contribution in [3.05, 3.63) is 12.2 Å². The second-order valence-corrected chi connectivity index (χ2v) is 7.08. The van der Waals surface area contributed by atoms with Gasteiger partial charge in [-0.2, -0.15) is 0 Å². The molecular formula is C22H27N3O11. The molecule has 2 heterocycles. The van der Waals surface area contributed by atoms with E-state index in [4.69, 9.17) is 18.9 Å². The Morgan fingerprint density at radius 2 is 1.22 bits per heavy atom. The molecule has 0 aromatic heterocycles. The van der Waals surface area contributed by atoms with E-state index in [1.165, 1.54) is 0 Å². The quantitative estimate of drug-likeness (QED) is 0.113. The van der Waals surface area contributed by atoms with Crippen LogP contribution in [-0.4, -0.2) is 111 Å². The largest absolute Gasteiger partial charge is 0.378 e. The zero-order chi connectivity index (χ0) is 26.2. The second kappa shape index (κ2) is 16.1. The van der Waals surface area contributed by atoms with Crippen LogP contribution in [0.25, 0.3) is 0 Å². The maximum Gasteiger partial charge on any atom is 0.335 e. The molecule has 14 nitrogen and oxygen atoms in total. The van der Waals surface area contributed by atoms with Crippen LogP contribution in [0.5, 0.6) is 0 Å². The van der Waals surface area contributed by atoms with E-state index in [1.807, 2.05) is 0 Å².